The molecule has 76 valence electrons. The van der Waals surface area contributed by atoms with Crippen LogP contribution in [0.15, 0.2) is 0 Å². The van der Waals surface area contributed by atoms with Crippen LogP contribution in [-0.2, 0) is 4.79 Å². The van der Waals surface area contributed by atoms with E-state index < -0.39 is 18.5 Å². The Morgan fingerprint density at radius 1 is 1.54 bits per heavy atom. The fourth-order valence-electron chi connectivity index (χ4n) is 1.44. The van der Waals surface area contributed by atoms with Gasteiger partial charge in [0.15, 0.2) is 0 Å². The average Bonchev–Trinajstić information content (AvgIpc) is 2.31. The Morgan fingerprint density at radius 2 is 2.15 bits per heavy atom. The van der Waals surface area contributed by atoms with Gasteiger partial charge in [0.1, 0.15) is 6.42 Å². The van der Waals surface area contributed by atoms with Gasteiger partial charge in [-0.3, -0.25) is 4.79 Å². The summed E-state index contributed by atoms with van der Waals surface area (Å²) >= 11 is 0. The van der Waals surface area contributed by atoms with E-state index in [1.807, 2.05) is 6.92 Å². The van der Waals surface area contributed by atoms with E-state index in [1.54, 1.807) is 0 Å². The van der Waals surface area contributed by atoms with Crippen molar-refractivity contribution < 1.29 is 18.0 Å². The van der Waals surface area contributed by atoms with Gasteiger partial charge < -0.3 is 4.90 Å². The number of hydrogen-bond donors (Lipinski definition) is 0. The molecule has 0 radical (unpaired) electrons. The summed E-state index contributed by atoms with van der Waals surface area (Å²) in [5.41, 5.74) is 0. The van der Waals surface area contributed by atoms with Gasteiger partial charge in [0.2, 0.25) is 5.91 Å². The monoisotopic (exact) mass is 195 g/mol. The molecule has 0 spiro atoms. The molecule has 1 unspecified atom stereocenters. The molecule has 1 fully saturated rings. The summed E-state index contributed by atoms with van der Waals surface area (Å²) in [6.07, 6.45) is -4.88. The second-order valence-electron chi connectivity index (χ2n) is 3.53. The Labute approximate surface area is 74.7 Å². The number of carbonyl (C=O) groups excluding carboxylic acids is 1. The Hall–Kier alpha value is -0.740. The topological polar surface area (TPSA) is 20.3 Å². The molecule has 1 aliphatic heterocycles. The lowest BCUT2D eigenvalue weighted by atomic mass is 10.2. The lowest BCUT2D eigenvalue weighted by Gasteiger charge is -2.16. The summed E-state index contributed by atoms with van der Waals surface area (Å²) in [5.74, 6) is -0.464. The van der Waals surface area contributed by atoms with E-state index in [-0.39, 0.29) is 0 Å². The number of amides is 1. The molecule has 1 heterocycles. The van der Waals surface area contributed by atoms with Crippen LogP contribution in [0.1, 0.15) is 19.8 Å². The largest absolute Gasteiger partial charge is 0.397 e. The SMILES string of the molecule is CC1CCN(C(=O)CC(F)(F)F)C1. The van der Waals surface area contributed by atoms with Gasteiger partial charge in [-0.1, -0.05) is 6.92 Å². The van der Waals surface area contributed by atoms with Crippen LogP contribution >= 0.6 is 0 Å². The molecule has 0 aromatic heterocycles. The fraction of sp³-hybridized carbons (Fsp3) is 0.875. The summed E-state index contributed by atoms with van der Waals surface area (Å²) in [6.45, 7) is 2.87. The van der Waals surface area contributed by atoms with Crippen LogP contribution < -0.4 is 0 Å². The normalized spacial score (nSPS) is 23.7. The third-order valence-corrected chi connectivity index (χ3v) is 2.13. The van der Waals surface area contributed by atoms with Crippen molar-refractivity contribution in [3.8, 4) is 0 Å². The summed E-state index contributed by atoms with van der Waals surface area (Å²) in [4.78, 5) is 12.3. The smallest absolute Gasteiger partial charge is 0.342 e. The maximum Gasteiger partial charge on any atom is 0.397 e. The van der Waals surface area contributed by atoms with E-state index >= 15 is 0 Å². The molecule has 1 rings (SSSR count). The second kappa shape index (κ2) is 3.55. The minimum atomic E-state index is -4.37. The van der Waals surface area contributed by atoms with Crippen molar-refractivity contribution in [1.82, 2.24) is 4.90 Å². The molecule has 0 bridgehead atoms. The lowest BCUT2D eigenvalue weighted by Crippen LogP contribution is -2.32. The van der Waals surface area contributed by atoms with E-state index in [9.17, 15) is 18.0 Å². The molecular formula is C8H12F3NO. The van der Waals surface area contributed by atoms with E-state index in [0.717, 1.165) is 6.42 Å². The highest BCUT2D eigenvalue weighted by atomic mass is 19.4. The number of hydrogen-bond acceptors (Lipinski definition) is 1. The van der Waals surface area contributed by atoms with Crippen molar-refractivity contribution in [3.63, 3.8) is 0 Å². The molecule has 0 aliphatic carbocycles. The van der Waals surface area contributed by atoms with Gasteiger partial charge in [-0.2, -0.15) is 13.2 Å². The minimum absolute atomic E-state index is 0.331. The fourth-order valence-corrected chi connectivity index (χ4v) is 1.44. The van der Waals surface area contributed by atoms with Crippen molar-refractivity contribution in [1.29, 1.82) is 0 Å². The molecule has 1 aliphatic rings. The van der Waals surface area contributed by atoms with E-state index in [0.29, 0.717) is 19.0 Å². The van der Waals surface area contributed by atoms with Crippen molar-refractivity contribution >= 4 is 5.91 Å². The predicted octanol–water partition coefficient (Wildman–Crippen LogP) is 1.81. The first-order chi connectivity index (χ1) is 5.88. The zero-order chi connectivity index (χ0) is 10.1. The molecule has 0 saturated carbocycles. The molecule has 5 heteroatoms. The zero-order valence-electron chi connectivity index (χ0n) is 7.40. The molecule has 1 atom stereocenters. The van der Waals surface area contributed by atoms with Crippen LogP contribution in [0, 0.1) is 5.92 Å². The molecule has 0 aromatic carbocycles. The number of alkyl halides is 3. The van der Waals surface area contributed by atoms with Gasteiger partial charge in [0.25, 0.3) is 0 Å². The Kier molecular flexibility index (Phi) is 2.83. The zero-order valence-corrected chi connectivity index (χ0v) is 7.40. The van der Waals surface area contributed by atoms with Crippen LogP contribution in [-0.4, -0.2) is 30.1 Å². The minimum Gasteiger partial charge on any atom is -0.342 e. The highest BCUT2D eigenvalue weighted by Crippen LogP contribution is 2.23. The van der Waals surface area contributed by atoms with E-state index in [2.05, 4.69) is 0 Å². The molecular weight excluding hydrogens is 183 g/mol. The molecule has 0 aromatic rings. The highest BCUT2D eigenvalue weighted by molar-refractivity contribution is 5.77. The van der Waals surface area contributed by atoms with E-state index in [1.165, 1.54) is 4.90 Å². The second-order valence-corrected chi connectivity index (χ2v) is 3.53. The van der Waals surface area contributed by atoms with Crippen LogP contribution in [0.2, 0.25) is 0 Å². The molecule has 1 saturated heterocycles. The number of halogens is 3. The Bertz CT molecular complexity index is 202. The third-order valence-electron chi connectivity index (χ3n) is 2.13. The summed E-state index contributed by atoms with van der Waals surface area (Å²) in [5, 5.41) is 0. The predicted molar refractivity (Wildman–Crippen MR) is 41.0 cm³/mol. The van der Waals surface area contributed by atoms with E-state index in [4.69, 9.17) is 0 Å². The number of nitrogens with zero attached hydrogens (tertiary/aromatic N) is 1. The van der Waals surface area contributed by atoms with Gasteiger partial charge in [-0.05, 0) is 12.3 Å². The van der Waals surface area contributed by atoms with Crippen LogP contribution in [0.5, 0.6) is 0 Å². The molecule has 1 amide bonds. The van der Waals surface area contributed by atoms with Crippen molar-refractivity contribution in [2.45, 2.75) is 25.9 Å². The van der Waals surface area contributed by atoms with Crippen LogP contribution in [0.3, 0.4) is 0 Å². The van der Waals surface area contributed by atoms with Crippen LogP contribution in [0.4, 0.5) is 13.2 Å². The number of rotatable bonds is 1. The third kappa shape index (κ3) is 3.24. The maximum atomic E-state index is 11.8. The van der Waals surface area contributed by atoms with Crippen LogP contribution in [0.25, 0.3) is 0 Å². The van der Waals surface area contributed by atoms with Gasteiger partial charge in [0.05, 0.1) is 0 Å². The van der Waals surface area contributed by atoms with Gasteiger partial charge in [-0.25, -0.2) is 0 Å². The molecule has 0 N–H and O–H groups in total. The quantitative estimate of drug-likeness (QED) is 0.624. The maximum absolute atomic E-state index is 11.8. The average molecular weight is 195 g/mol. The van der Waals surface area contributed by atoms with Gasteiger partial charge >= 0.3 is 6.18 Å². The Morgan fingerprint density at radius 3 is 2.54 bits per heavy atom. The Balaban J connectivity index is 2.41. The standard InChI is InChI=1S/C8H12F3NO/c1-6-2-3-12(5-6)7(13)4-8(9,10)11/h6H,2-5H2,1H3. The molecule has 13 heavy (non-hydrogen) atoms. The van der Waals surface area contributed by atoms with Crippen molar-refractivity contribution in [3.05, 3.63) is 0 Å². The number of carbonyl (C=O) groups is 1. The summed E-state index contributed by atoms with van der Waals surface area (Å²) in [7, 11) is 0. The summed E-state index contributed by atoms with van der Waals surface area (Å²) in [6, 6.07) is 0. The summed E-state index contributed by atoms with van der Waals surface area (Å²) < 4.78 is 35.4. The van der Waals surface area contributed by atoms with Gasteiger partial charge in [0, 0.05) is 13.1 Å². The number of likely N-dealkylation sites (tertiary alicyclic amines) is 1. The first kappa shape index (κ1) is 10.3. The lowest BCUT2D eigenvalue weighted by molar-refractivity contribution is -0.160. The van der Waals surface area contributed by atoms with Crippen molar-refractivity contribution in [2.75, 3.05) is 13.1 Å². The highest BCUT2D eigenvalue weighted by Gasteiger charge is 2.35. The first-order valence-corrected chi connectivity index (χ1v) is 4.23. The van der Waals surface area contributed by atoms with Crippen molar-refractivity contribution in [2.24, 2.45) is 5.92 Å². The molecule has 2 nitrogen and oxygen atoms in total. The van der Waals surface area contributed by atoms with Gasteiger partial charge in [-0.15, -0.1) is 0 Å². The first-order valence-electron chi connectivity index (χ1n) is 4.23.